The summed E-state index contributed by atoms with van der Waals surface area (Å²) in [5.74, 6) is 0.00215. The third kappa shape index (κ3) is 2.74. The highest BCUT2D eigenvalue weighted by molar-refractivity contribution is 5.95. The SMILES string of the molecule is COc1ccc(C(=O)N(C(C)C)C2CC2)cc1[N+](=O)[O-]. The highest BCUT2D eigenvalue weighted by atomic mass is 16.6. The minimum atomic E-state index is -0.535. The molecule has 0 spiro atoms. The van der Waals surface area contributed by atoms with Gasteiger partial charge in [0.25, 0.3) is 5.91 Å². The van der Waals surface area contributed by atoms with Crippen LogP contribution in [0.15, 0.2) is 18.2 Å². The summed E-state index contributed by atoms with van der Waals surface area (Å²) in [5, 5.41) is 11.0. The molecule has 0 aromatic heterocycles. The van der Waals surface area contributed by atoms with E-state index < -0.39 is 4.92 Å². The van der Waals surface area contributed by atoms with Gasteiger partial charge in [-0.15, -0.1) is 0 Å². The predicted molar refractivity (Wildman–Crippen MR) is 74.0 cm³/mol. The van der Waals surface area contributed by atoms with Crippen molar-refractivity contribution in [3.63, 3.8) is 0 Å². The molecule has 0 bridgehead atoms. The standard InChI is InChI=1S/C14H18N2O4/c1-9(2)15(11-5-6-11)14(17)10-4-7-13(20-3)12(8-10)16(18)19/h4,7-9,11H,5-6H2,1-3H3. The van der Waals surface area contributed by atoms with Crippen LogP contribution in [0.5, 0.6) is 5.75 Å². The number of hydrogen-bond acceptors (Lipinski definition) is 4. The number of nitrogens with zero attached hydrogens (tertiary/aromatic N) is 2. The third-order valence-electron chi connectivity index (χ3n) is 3.35. The summed E-state index contributed by atoms with van der Waals surface area (Å²) >= 11 is 0. The van der Waals surface area contributed by atoms with Crippen molar-refractivity contribution < 1.29 is 14.5 Å². The molecule has 1 aliphatic rings. The number of hydrogen-bond donors (Lipinski definition) is 0. The van der Waals surface area contributed by atoms with Gasteiger partial charge in [-0.3, -0.25) is 14.9 Å². The van der Waals surface area contributed by atoms with Crippen molar-refractivity contribution in [2.24, 2.45) is 0 Å². The fourth-order valence-corrected chi connectivity index (χ4v) is 2.29. The second-order valence-corrected chi connectivity index (χ2v) is 5.18. The van der Waals surface area contributed by atoms with Crippen molar-refractivity contribution in [1.29, 1.82) is 0 Å². The van der Waals surface area contributed by atoms with Crippen LogP contribution >= 0.6 is 0 Å². The fourth-order valence-electron chi connectivity index (χ4n) is 2.29. The summed E-state index contributed by atoms with van der Waals surface area (Å²) in [7, 11) is 1.37. The monoisotopic (exact) mass is 278 g/mol. The Kier molecular flexibility index (Phi) is 3.92. The molecular formula is C14H18N2O4. The van der Waals surface area contributed by atoms with Crippen LogP contribution in [0.3, 0.4) is 0 Å². The van der Waals surface area contributed by atoms with Crippen LogP contribution in [0, 0.1) is 10.1 Å². The molecule has 0 unspecified atom stereocenters. The van der Waals surface area contributed by atoms with Gasteiger partial charge in [-0.1, -0.05) is 0 Å². The molecular weight excluding hydrogens is 260 g/mol. The Bertz CT molecular complexity index is 536. The Morgan fingerprint density at radius 2 is 2.10 bits per heavy atom. The summed E-state index contributed by atoms with van der Waals surface area (Å²) in [6.07, 6.45) is 2.00. The zero-order chi connectivity index (χ0) is 14.9. The van der Waals surface area contributed by atoms with Crippen LogP contribution < -0.4 is 4.74 Å². The quantitative estimate of drug-likeness (QED) is 0.613. The normalized spacial score (nSPS) is 14.2. The lowest BCUT2D eigenvalue weighted by Crippen LogP contribution is -2.38. The Balaban J connectivity index is 2.34. The van der Waals surface area contributed by atoms with Crippen LogP contribution in [-0.2, 0) is 0 Å². The molecule has 108 valence electrons. The fraction of sp³-hybridized carbons (Fsp3) is 0.500. The lowest BCUT2D eigenvalue weighted by molar-refractivity contribution is -0.385. The molecule has 1 aliphatic carbocycles. The number of carbonyl (C=O) groups is 1. The van der Waals surface area contributed by atoms with E-state index in [2.05, 4.69) is 0 Å². The summed E-state index contributed by atoms with van der Waals surface area (Å²) in [4.78, 5) is 24.8. The van der Waals surface area contributed by atoms with E-state index in [4.69, 9.17) is 4.74 Å². The second kappa shape index (κ2) is 5.48. The largest absolute Gasteiger partial charge is 0.490 e. The molecule has 20 heavy (non-hydrogen) atoms. The summed E-state index contributed by atoms with van der Waals surface area (Å²) in [6, 6.07) is 4.68. The number of amides is 1. The molecule has 0 radical (unpaired) electrons. The van der Waals surface area contributed by atoms with Crippen LogP contribution in [0.4, 0.5) is 5.69 Å². The van der Waals surface area contributed by atoms with E-state index in [0.717, 1.165) is 12.8 Å². The van der Waals surface area contributed by atoms with Gasteiger partial charge >= 0.3 is 5.69 Å². The molecule has 0 aliphatic heterocycles. The highest BCUT2D eigenvalue weighted by Gasteiger charge is 2.35. The van der Waals surface area contributed by atoms with Crippen LogP contribution in [-0.4, -0.2) is 34.9 Å². The maximum absolute atomic E-state index is 12.5. The van der Waals surface area contributed by atoms with Crippen molar-refractivity contribution in [2.45, 2.75) is 38.8 Å². The molecule has 6 nitrogen and oxygen atoms in total. The Morgan fingerprint density at radius 1 is 1.45 bits per heavy atom. The summed E-state index contributed by atoms with van der Waals surface area (Å²) < 4.78 is 4.94. The topological polar surface area (TPSA) is 72.7 Å². The van der Waals surface area contributed by atoms with Gasteiger partial charge in [-0.2, -0.15) is 0 Å². The van der Waals surface area contributed by atoms with E-state index in [9.17, 15) is 14.9 Å². The number of nitro benzene ring substituents is 1. The van der Waals surface area contributed by atoms with Gasteiger partial charge < -0.3 is 9.64 Å². The number of nitro groups is 1. The van der Waals surface area contributed by atoms with E-state index in [1.807, 2.05) is 13.8 Å². The van der Waals surface area contributed by atoms with Crippen LogP contribution in [0.25, 0.3) is 0 Å². The molecule has 1 amide bonds. The van der Waals surface area contributed by atoms with Crippen LogP contribution in [0.2, 0.25) is 0 Å². The molecule has 1 aromatic carbocycles. The van der Waals surface area contributed by atoms with Gasteiger partial charge in [0.15, 0.2) is 5.75 Å². The summed E-state index contributed by atoms with van der Waals surface area (Å²) in [6.45, 7) is 3.91. The van der Waals surface area contributed by atoms with Crippen molar-refractivity contribution >= 4 is 11.6 Å². The second-order valence-electron chi connectivity index (χ2n) is 5.18. The number of ether oxygens (including phenoxy) is 1. The van der Waals surface area contributed by atoms with Crippen molar-refractivity contribution in [2.75, 3.05) is 7.11 Å². The number of benzene rings is 1. The average molecular weight is 278 g/mol. The minimum absolute atomic E-state index is 0.0798. The van der Waals surface area contributed by atoms with Crippen molar-refractivity contribution in [3.8, 4) is 5.75 Å². The van der Waals surface area contributed by atoms with Gasteiger partial charge in [0, 0.05) is 23.7 Å². The first-order valence-corrected chi connectivity index (χ1v) is 6.60. The molecule has 0 N–H and O–H groups in total. The van der Waals surface area contributed by atoms with Gasteiger partial charge in [0.05, 0.1) is 12.0 Å². The lowest BCUT2D eigenvalue weighted by atomic mass is 10.1. The molecule has 1 fully saturated rings. The molecule has 0 atom stereocenters. The average Bonchev–Trinajstić information content (AvgIpc) is 3.22. The highest BCUT2D eigenvalue weighted by Crippen LogP contribution is 2.32. The predicted octanol–water partition coefficient (Wildman–Crippen LogP) is 2.62. The smallest absolute Gasteiger partial charge is 0.311 e. The Hall–Kier alpha value is -2.11. The first kappa shape index (κ1) is 14.3. The number of rotatable bonds is 5. The Labute approximate surface area is 117 Å². The molecule has 1 aromatic rings. The zero-order valence-electron chi connectivity index (χ0n) is 11.8. The lowest BCUT2D eigenvalue weighted by Gasteiger charge is -2.26. The van der Waals surface area contributed by atoms with Gasteiger partial charge in [-0.05, 0) is 38.8 Å². The molecule has 6 heteroatoms. The molecule has 1 saturated carbocycles. The maximum atomic E-state index is 12.5. The zero-order valence-corrected chi connectivity index (χ0v) is 11.8. The van der Waals surface area contributed by atoms with E-state index in [1.54, 1.807) is 11.0 Å². The van der Waals surface area contributed by atoms with E-state index in [0.29, 0.717) is 5.56 Å². The van der Waals surface area contributed by atoms with Crippen molar-refractivity contribution in [3.05, 3.63) is 33.9 Å². The van der Waals surface area contributed by atoms with E-state index >= 15 is 0 Å². The third-order valence-corrected chi connectivity index (χ3v) is 3.35. The van der Waals surface area contributed by atoms with Gasteiger partial charge in [-0.25, -0.2) is 0 Å². The van der Waals surface area contributed by atoms with E-state index in [1.165, 1.54) is 19.2 Å². The minimum Gasteiger partial charge on any atom is -0.490 e. The van der Waals surface area contributed by atoms with Crippen LogP contribution in [0.1, 0.15) is 37.0 Å². The number of carbonyl (C=O) groups excluding carboxylic acids is 1. The Morgan fingerprint density at radius 3 is 2.55 bits per heavy atom. The van der Waals surface area contributed by atoms with Gasteiger partial charge in [0.2, 0.25) is 0 Å². The molecule has 0 heterocycles. The van der Waals surface area contributed by atoms with Gasteiger partial charge in [0.1, 0.15) is 0 Å². The molecule has 0 saturated heterocycles. The number of methoxy groups -OCH3 is 1. The first-order valence-electron chi connectivity index (χ1n) is 6.60. The molecule has 2 rings (SSSR count). The maximum Gasteiger partial charge on any atom is 0.311 e. The van der Waals surface area contributed by atoms with Crippen molar-refractivity contribution in [1.82, 2.24) is 4.90 Å². The summed E-state index contributed by atoms with van der Waals surface area (Å²) in [5.41, 5.74) is 0.149. The van der Waals surface area contributed by atoms with E-state index in [-0.39, 0.29) is 29.4 Å². The first-order chi connectivity index (χ1) is 9.45.